The molecule has 0 N–H and O–H groups in total. The molecule has 0 spiro atoms. The van der Waals surface area contributed by atoms with Crippen molar-refractivity contribution in [2.75, 3.05) is 6.26 Å². The summed E-state index contributed by atoms with van der Waals surface area (Å²) < 4.78 is 22.7. The minimum Gasteiger partial charge on any atom is -0.344 e. The summed E-state index contributed by atoms with van der Waals surface area (Å²) >= 11 is 4.24. The van der Waals surface area contributed by atoms with Crippen LogP contribution in [0, 0.1) is 12.2 Å². The van der Waals surface area contributed by atoms with Crippen molar-refractivity contribution in [1.82, 2.24) is 0 Å². The SMILES string of the molecule is C[C-]=C(C)C(=[C-]C)c1ccc(S(C)(=O)=O)cc1.II.[Y]. The summed E-state index contributed by atoms with van der Waals surface area (Å²) in [6, 6.07) is 6.82. The van der Waals surface area contributed by atoms with E-state index in [1.165, 1.54) is 6.26 Å². The minimum atomic E-state index is -3.13. The Labute approximate surface area is 171 Å². The van der Waals surface area contributed by atoms with Gasteiger partial charge in [-0.3, -0.25) is 0 Å². The quantitative estimate of drug-likeness (QED) is 0.287. The molecule has 1 radical (unpaired) electrons. The molecule has 2 nitrogen and oxygen atoms in total. The van der Waals surface area contributed by atoms with Gasteiger partial charge < -0.3 is 23.3 Å². The predicted octanol–water partition coefficient (Wildman–Crippen LogP) is 4.83. The van der Waals surface area contributed by atoms with Crippen molar-refractivity contribution in [1.29, 1.82) is 0 Å². The van der Waals surface area contributed by atoms with Crippen LogP contribution in [0.2, 0.25) is 0 Å². The molecule has 0 heterocycles. The van der Waals surface area contributed by atoms with Gasteiger partial charge >= 0.3 is 0 Å². The number of sulfone groups is 1. The summed E-state index contributed by atoms with van der Waals surface area (Å²) in [6.07, 6.45) is 7.36. The van der Waals surface area contributed by atoms with E-state index >= 15 is 0 Å². The number of hydrogen-bond acceptors (Lipinski definition) is 2. The Morgan fingerprint density at radius 1 is 1.05 bits per heavy atom. The third-order valence-electron chi connectivity index (χ3n) is 2.57. The summed E-state index contributed by atoms with van der Waals surface area (Å²) in [6.45, 7) is 5.63. The van der Waals surface area contributed by atoms with Crippen LogP contribution in [0.25, 0.3) is 5.57 Å². The first-order chi connectivity index (χ1) is 8.90. The van der Waals surface area contributed by atoms with Crippen molar-refractivity contribution in [3.8, 4) is 0 Å². The van der Waals surface area contributed by atoms with Crippen LogP contribution in [-0.4, -0.2) is 14.7 Å². The zero-order valence-electron chi connectivity index (χ0n) is 11.9. The van der Waals surface area contributed by atoms with E-state index in [-0.39, 0.29) is 32.7 Å². The van der Waals surface area contributed by atoms with Crippen LogP contribution in [0.3, 0.4) is 0 Å². The van der Waals surface area contributed by atoms with Gasteiger partial charge in [-0.15, -0.1) is 32.9 Å². The Hall–Kier alpha value is 1.21. The van der Waals surface area contributed by atoms with Crippen molar-refractivity contribution in [3.63, 3.8) is 0 Å². The fraction of sp³-hybridized carbons (Fsp3) is 0.286. The Balaban J connectivity index is 0. The molecule has 20 heavy (non-hydrogen) atoms. The maximum absolute atomic E-state index is 11.3. The summed E-state index contributed by atoms with van der Waals surface area (Å²) in [5, 5.41) is 0. The zero-order chi connectivity index (χ0) is 15.1. The Kier molecular flexibility index (Phi) is 13.8. The van der Waals surface area contributed by atoms with Crippen LogP contribution in [-0.2, 0) is 42.5 Å². The third-order valence-corrected chi connectivity index (χ3v) is 3.70. The van der Waals surface area contributed by atoms with Crippen LogP contribution >= 0.6 is 37.2 Å². The largest absolute Gasteiger partial charge is 0.344 e. The molecule has 0 amide bonds. The van der Waals surface area contributed by atoms with E-state index < -0.39 is 9.84 Å². The van der Waals surface area contributed by atoms with Gasteiger partial charge in [-0.05, 0) is 0 Å². The van der Waals surface area contributed by atoms with E-state index in [4.69, 9.17) is 0 Å². The second kappa shape index (κ2) is 11.7. The normalized spacial score (nSPS) is 12.1. The van der Waals surface area contributed by atoms with Crippen molar-refractivity contribution >= 4 is 52.6 Å². The standard InChI is InChI=1S/C14H16O2S.I2.Y/c1-5-11(3)14(6-2)12-7-9-13(10-8-12)17(4,15)16;1-2;/h7-10H,1-4H3;;/q-2;;. The third kappa shape index (κ3) is 7.47. The predicted molar refractivity (Wildman–Crippen MR) is 98.0 cm³/mol. The van der Waals surface area contributed by atoms with Gasteiger partial charge in [-0.25, -0.2) is 14.0 Å². The van der Waals surface area contributed by atoms with Crippen molar-refractivity contribution in [3.05, 3.63) is 47.6 Å². The molecule has 1 aromatic carbocycles. The number of benzene rings is 1. The van der Waals surface area contributed by atoms with Gasteiger partial charge in [0.15, 0.2) is 9.84 Å². The first kappa shape index (κ1) is 23.5. The second-order valence-electron chi connectivity index (χ2n) is 3.80. The maximum Gasteiger partial charge on any atom is 0.175 e. The Morgan fingerprint density at radius 2 is 1.50 bits per heavy atom. The fourth-order valence-corrected chi connectivity index (χ4v) is 2.17. The Morgan fingerprint density at radius 3 is 1.80 bits per heavy atom. The van der Waals surface area contributed by atoms with Crippen molar-refractivity contribution in [2.24, 2.45) is 0 Å². The minimum absolute atomic E-state index is 0. The van der Waals surface area contributed by atoms with Gasteiger partial charge in [0.05, 0.1) is 4.90 Å². The maximum atomic E-state index is 11.3. The summed E-state index contributed by atoms with van der Waals surface area (Å²) in [5.74, 6) is 0. The molecule has 0 aliphatic heterocycles. The average Bonchev–Trinajstić information content (AvgIpc) is 2.41. The molecule has 0 saturated carbocycles. The van der Waals surface area contributed by atoms with E-state index in [1.54, 1.807) is 24.3 Å². The van der Waals surface area contributed by atoms with Gasteiger partial charge in [0, 0.05) is 76.2 Å². The van der Waals surface area contributed by atoms with Crippen LogP contribution < -0.4 is 0 Å². The van der Waals surface area contributed by atoms with E-state index in [0.29, 0.717) is 4.90 Å². The first-order valence-electron chi connectivity index (χ1n) is 5.41. The van der Waals surface area contributed by atoms with Crippen LogP contribution in [0.1, 0.15) is 26.3 Å². The van der Waals surface area contributed by atoms with Gasteiger partial charge in [0.1, 0.15) is 0 Å². The molecular weight excluding hydrogens is 575 g/mol. The average molecular weight is 591 g/mol. The number of rotatable bonds is 3. The van der Waals surface area contributed by atoms with Crippen LogP contribution in [0.4, 0.5) is 0 Å². The number of allylic oxidation sites excluding steroid dienone is 4. The van der Waals surface area contributed by atoms with Crippen LogP contribution in [0.15, 0.2) is 34.7 Å². The van der Waals surface area contributed by atoms with E-state index in [1.807, 2.05) is 20.8 Å². The van der Waals surface area contributed by atoms with E-state index in [9.17, 15) is 8.42 Å². The van der Waals surface area contributed by atoms with Gasteiger partial charge in [0.2, 0.25) is 0 Å². The molecule has 0 fully saturated rings. The molecule has 109 valence electrons. The molecular formula is C14H16I2O2SY-2. The molecule has 0 saturated heterocycles. The van der Waals surface area contributed by atoms with Gasteiger partial charge in [-0.1, -0.05) is 12.1 Å². The molecule has 0 aliphatic carbocycles. The zero-order valence-corrected chi connectivity index (χ0v) is 19.8. The molecule has 0 aliphatic rings. The second-order valence-corrected chi connectivity index (χ2v) is 5.81. The van der Waals surface area contributed by atoms with Gasteiger partial charge in [-0.2, -0.15) is 0 Å². The molecule has 0 aromatic heterocycles. The number of hydrogen-bond donors (Lipinski definition) is 0. The fourth-order valence-electron chi connectivity index (χ4n) is 1.54. The molecule has 0 unspecified atom stereocenters. The first-order valence-corrected chi connectivity index (χ1v) is 13.6. The monoisotopic (exact) mass is 591 g/mol. The molecule has 0 atom stereocenters. The van der Waals surface area contributed by atoms with E-state index in [0.717, 1.165) is 16.7 Å². The number of halogens is 2. The van der Waals surface area contributed by atoms with Crippen molar-refractivity contribution in [2.45, 2.75) is 25.7 Å². The smallest absolute Gasteiger partial charge is 0.175 e. The topological polar surface area (TPSA) is 34.1 Å². The summed E-state index contributed by atoms with van der Waals surface area (Å²) in [7, 11) is -3.13. The molecule has 1 rings (SSSR count). The van der Waals surface area contributed by atoms with Gasteiger partial charge in [0.25, 0.3) is 0 Å². The van der Waals surface area contributed by atoms with E-state index in [2.05, 4.69) is 49.4 Å². The van der Waals surface area contributed by atoms with Crippen LogP contribution in [0.5, 0.6) is 0 Å². The summed E-state index contributed by atoms with van der Waals surface area (Å²) in [5.41, 5.74) is 2.90. The summed E-state index contributed by atoms with van der Waals surface area (Å²) in [4.78, 5) is 0.332. The Bertz CT molecular complexity index is 561. The molecule has 1 aromatic rings. The van der Waals surface area contributed by atoms with Crippen molar-refractivity contribution < 1.29 is 41.1 Å². The molecule has 6 heteroatoms. The molecule has 0 bridgehead atoms.